The summed E-state index contributed by atoms with van der Waals surface area (Å²) in [5.41, 5.74) is 6.10. The monoisotopic (exact) mass is 432 g/mol. The molecule has 0 fully saturated rings. The number of allylic oxidation sites excluding steroid dienone is 2. The van der Waals surface area contributed by atoms with E-state index in [0.29, 0.717) is 0 Å². The minimum Gasteiger partial charge on any atom is -1.00 e. The standard InChI is InChI=1S/2C9H7.C3H6.2ClH.Zr/c2*1-2-5-9-7-3-6-8(9)4-1;1-3-2;;;/h2*1-5H,6H2;1-2H3;2*1H;/q;;;;;+2/p-2. The van der Waals surface area contributed by atoms with E-state index in [1.165, 1.54) is 22.3 Å². The first kappa shape index (κ1) is 19.6. The molecule has 122 valence electrons. The van der Waals surface area contributed by atoms with Crippen molar-refractivity contribution in [1.29, 1.82) is 0 Å². The van der Waals surface area contributed by atoms with E-state index in [1.54, 1.807) is 9.77 Å². The fourth-order valence-corrected chi connectivity index (χ4v) is 11.1. The third-order valence-electron chi connectivity index (χ3n) is 4.71. The van der Waals surface area contributed by atoms with Crippen LogP contribution in [-0.4, -0.2) is 3.21 Å². The van der Waals surface area contributed by atoms with Crippen LogP contribution < -0.4 is 24.8 Å². The third-order valence-corrected chi connectivity index (χ3v) is 12.1. The van der Waals surface area contributed by atoms with Crippen molar-refractivity contribution in [3.8, 4) is 0 Å². The molecule has 0 bridgehead atoms. The maximum absolute atomic E-state index is 2.52. The van der Waals surface area contributed by atoms with Crippen molar-refractivity contribution in [3.05, 3.63) is 82.9 Å². The molecule has 0 aromatic heterocycles. The molecule has 0 saturated heterocycles. The molecule has 0 amide bonds. The molecule has 0 N–H and O–H groups in total. The zero-order chi connectivity index (χ0) is 15.1. The minimum absolute atomic E-state index is 0. The zero-order valence-electron chi connectivity index (χ0n) is 13.9. The van der Waals surface area contributed by atoms with Crippen LogP contribution in [0.1, 0.15) is 36.1 Å². The number of rotatable bonds is 2. The molecule has 4 rings (SSSR count). The molecule has 0 heterocycles. The molecule has 0 spiro atoms. The Morgan fingerprint density at radius 1 is 0.708 bits per heavy atom. The van der Waals surface area contributed by atoms with Crippen LogP contribution >= 0.6 is 0 Å². The van der Waals surface area contributed by atoms with Crippen molar-refractivity contribution >= 4 is 9.77 Å². The summed E-state index contributed by atoms with van der Waals surface area (Å²) in [5.74, 6) is 0. The number of hydrogen-bond donors (Lipinski definition) is 0. The normalized spacial score (nSPS) is 13.4. The van der Waals surface area contributed by atoms with Gasteiger partial charge in [0, 0.05) is 0 Å². The van der Waals surface area contributed by atoms with Crippen LogP contribution in [-0.2, 0) is 34.1 Å². The van der Waals surface area contributed by atoms with Gasteiger partial charge in [-0.25, -0.2) is 0 Å². The second-order valence-electron chi connectivity index (χ2n) is 6.33. The maximum atomic E-state index is 2.52. The van der Waals surface area contributed by atoms with E-state index in [4.69, 9.17) is 0 Å². The summed E-state index contributed by atoms with van der Waals surface area (Å²) in [6, 6.07) is 18.0. The molecule has 2 aromatic rings. The molecule has 2 aliphatic carbocycles. The first-order valence-electron chi connectivity index (χ1n) is 8.01. The Labute approximate surface area is 164 Å². The summed E-state index contributed by atoms with van der Waals surface area (Å²) < 4.78 is 5.07. The van der Waals surface area contributed by atoms with E-state index < -0.39 is 21.3 Å². The molecular weight excluding hydrogens is 414 g/mol. The second-order valence-corrected chi connectivity index (χ2v) is 13.3. The van der Waals surface area contributed by atoms with Gasteiger partial charge >= 0.3 is 141 Å². The molecule has 0 saturated carbocycles. The van der Waals surface area contributed by atoms with E-state index in [9.17, 15) is 0 Å². The molecular formula is C21H20Cl2Zr. The van der Waals surface area contributed by atoms with Crippen LogP contribution in [0.3, 0.4) is 0 Å². The molecule has 2 aliphatic rings. The van der Waals surface area contributed by atoms with E-state index in [0.717, 1.165) is 12.8 Å². The van der Waals surface area contributed by atoms with E-state index >= 15 is 0 Å². The maximum Gasteiger partial charge on any atom is -1.00 e. The van der Waals surface area contributed by atoms with Crippen molar-refractivity contribution in [2.75, 3.05) is 0 Å². The van der Waals surface area contributed by atoms with Crippen LogP contribution in [0.5, 0.6) is 0 Å². The Balaban J connectivity index is 0.00000104. The van der Waals surface area contributed by atoms with E-state index in [1.807, 2.05) is 0 Å². The molecule has 0 radical (unpaired) electrons. The van der Waals surface area contributed by atoms with Gasteiger partial charge in [0.1, 0.15) is 0 Å². The van der Waals surface area contributed by atoms with Crippen molar-refractivity contribution < 1.29 is 46.1 Å². The van der Waals surface area contributed by atoms with Gasteiger partial charge in [0.05, 0.1) is 0 Å². The zero-order valence-corrected chi connectivity index (χ0v) is 17.9. The quantitative estimate of drug-likeness (QED) is 0.570. The number of fused-ring (bicyclic) bond motifs is 2. The van der Waals surface area contributed by atoms with Crippen molar-refractivity contribution in [3.63, 3.8) is 0 Å². The van der Waals surface area contributed by atoms with Gasteiger partial charge in [0.15, 0.2) is 0 Å². The summed E-state index contributed by atoms with van der Waals surface area (Å²) >= 11 is -1.94. The second kappa shape index (κ2) is 8.09. The van der Waals surface area contributed by atoms with Crippen molar-refractivity contribution in [2.24, 2.45) is 0 Å². The van der Waals surface area contributed by atoms with Crippen LogP contribution in [0.2, 0.25) is 0 Å². The summed E-state index contributed by atoms with van der Waals surface area (Å²) in [4.78, 5) is 0. The molecule has 0 unspecified atom stereocenters. The average Bonchev–Trinajstić information content (AvgIpc) is 3.13. The number of halogens is 2. The van der Waals surface area contributed by atoms with Gasteiger partial charge < -0.3 is 24.8 Å². The van der Waals surface area contributed by atoms with Crippen LogP contribution in [0, 0.1) is 0 Å². The van der Waals surface area contributed by atoms with E-state index in [2.05, 4.69) is 74.5 Å². The fourth-order valence-electron chi connectivity index (χ4n) is 3.72. The number of hydrogen-bond acceptors (Lipinski definition) is 0. The van der Waals surface area contributed by atoms with Gasteiger partial charge in [0.2, 0.25) is 0 Å². The fraction of sp³-hybridized carbons (Fsp3) is 0.190. The minimum atomic E-state index is -1.94. The Bertz CT molecular complexity index is 790. The van der Waals surface area contributed by atoms with Crippen molar-refractivity contribution in [1.82, 2.24) is 0 Å². The topological polar surface area (TPSA) is 0 Å². The SMILES string of the molecule is C[C](C)=[Zr+2]([C]1=CCc2ccccc21)[C]1=CCc2ccccc21.[Cl-].[Cl-]. The Morgan fingerprint density at radius 3 is 1.54 bits per heavy atom. The van der Waals surface area contributed by atoms with Crippen LogP contribution in [0.15, 0.2) is 60.7 Å². The Hall–Kier alpha value is -0.747. The first-order valence-corrected chi connectivity index (χ1v) is 11.7. The molecule has 0 aliphatic heterocycles. The van der Waals surface area contributed by atoms with Gasteiger partial charge in [-0.1, -0.05) is 0 Å². The summed E-state index contributed by atoms with van der Waals surface area (Å²) in [7, 11) is 0. The van der Waals surface area contributed by atoms with Gasteiger partial charge in [-0.05, 0) is 0 Å². The molecule has 2 aromatic carbocycles. The van der Waals surface area contributed by atoms with Crippen LogP contribution in [0.25, 0.3) is 6.56 Å². The Kier molecular flexibility index (Phi) is 6.60. The molecule has 3 heteroatoms. The molecule has 0 nitrogen and oxygen atoms in total. The Morgan fingerprint density at radius 2 is 1.12 bits per heavy atom. The summed E-state index contributed by atoms with van der Waals surface area (Å²) in [6.45, 7) is 4.72. The molecule has 0 atom stereocenters. The predicted octanol–water partition coefficient (Wildman–Crippen LogP) is -0.981. The largest absolute Gasteiger partial charge is 1.00 e. The first-order chi connectivity index (χ1) is 10.8. The van der Waals surface area contributed by atoms with Crippen LogP contribution in [0.4, 0.5) is 0 Å². The van der Waals surface area contributed by atoms with Gasteiger partial charge in [-0.15, -0.1) is 0 Å². The molecule has 24 heavy (non-hydrogen) atoms. The van der Waals surface area contributed by atoms with Gasteiger partial charge in [-0.3, -0.25) is 0 Å². The summed E-state index contributed by atoms with van der Waals surface area (Å²) in [6.07, 6.45) is 7.29. The van der Waals surface area contributed by atoms with Crippen molar-refractivity contribution in [2.45, 2.75) is 26.7 Å². The van der Waals surface area contributed by atoms with Gasteiger partial charge in [0.25, 0.3) is 0 Å². The smallest absolute Gasteiger partial charge is 1.00 e. The summed E-state index contributed by atoms with van der Waals surface area (Å²) in [5, 5.41) is 0. The number of benzene rings is 2. The average molecular weight is 435 g/mol. The third kappa shape index (κ3) is 3.32. The van der Waals surface area contributed by atoms with E-state index in [-0.39, 0.29) is 24.8 Å². The predicted molar refractivity (Wildman–Crippen MR) is 92.6 cm³/mol. The van der Waals surface area contributed by atoms with Gasteiger partial charge in [-0.2, -0.15) is 0 Å².